The Hall–Kier alpha value is -1.51. The van der Waals surface area contributed by atoms with Crippen LogP contribution in [-0.4, -0.2) is 42.4 Å². The zero-order valence-electron chi connectivity index (χ0n) is 14.5. The molecule has 4 atom stereocenters. The van der Waals surface area contributed by atoms with Gasteiger partial charge in [0.25, 0.3) is 0 Å². The Kier molecular flexibility index (Phi) is 6.13. The molecular formula is C15H26F3N3O3. The number of nitrogens with two attached hydrogens (primary N) is 1. The van der Waals surface area contributed by atoms with Crippen molar-refractivity contribution in [3.8, 4) is 0 Å². The number of carbonyl (C=O) groups is 2. The van der Waals surface area contributed by atoms with Gasteiger partial charge < -0.3 is 21.1 Å². The van der Waals surface area contributed by atoms with E-state index in [2.05, 4.69) is 10.6 Å². The van der Waals surface area contributed by atoms with Crippen molar-refractivity contribution in [1.29, 1.82) is 0 Å². The van der Waals surface area contributed by atoms with Gasteiger partial charge in [-0.05, 0) is 26.7 Å². The van der Waals surface area contributed by atoms with Crippen LogP contribution in [0.25, 0.3) is 0 Å². The summed E-state index contributed by atoms with van der Waals surface area (Å²) in [5.74, 6) is -3.24. The van der Waals surface area contributed by atoms with Gasteiger partial charge in [-0.3, -0.25) is 4.79 Å². The SMILES string of the molecule is CC(C)[C@@H](NC(=O)OC(C)(C)C)C(=O)NC[C@@H]1[C@H](N)[C@H]1C(F)(F)F. The van der Waals surface area contributed by atoms with Gasteiger partial charge in [-0.2, -0.15) is 13.2 Å². The lowest BCUT2D eigenvalue weighted by Gasteiger charge is -2.25. The summed E-state index contributed by atoms with van der Waals surface area (Å²) in [5.41, 5.74) is 4.69. The fourth-order valence-electron chi connectivity index (χ4n) is 2.42. The van der Waals surface area contributed by atoms with Crippen LogP contribution < -0.4 is 16.4 Å². The molecule has 1 aliphatic carbocycles. The van der Waals surface area contributed by atoms with E-state index in [-0.39, 0.29) is 12.5 Å². The fourth-order valence-corrected chi connectivity index (χ4v) is 2.42. The van der Waals surface area contributed by atoms with Crippen LogP contribution >= 0.6 is 0 Å². The zero-order valence-corrected chi connectivity index (χ0v) is 14.5. The van der Waals surface area contributed by atoms with Gasteiger partial charge in [0.1, 0.15) is 11.6 Å². The van der Waals surface area contributed by atoms with Gasteiger partial charge >= 0.3 is 12.3 Å². The highest BCUT2D eigenvalue weighted by Gasteiger charge is 2.62. The van der Waals surface area contributed by atoms with Crippen molar-refractivity contribution in [2.45, 2.75) is 58.5 Å². The lowest BCUT2D eigenvalue weighted by atomic mass is 10.0. The van der Waals surface area contributed by atoms with E-state index in [4.69, 9.17) is 10.5 Å². The molecule has 1 saturated carbocycles. The molecule has 0 aromatic heterocycles. The van der Waals surface area contributed by atoms with Crippen LogP contribution in [0.15, 0.2) is 0 Å². The molecule has 0 unspecified atom stereocenters. The third-order valence-electron chi connectivity index (χ3n) is 3.74. The number of alkyl halides is 3. The van der Waals surface area contributed by atoms with Crippen molar-refractivity contribution in [2.24, 2.45) is 23.5 Å². The molecule has 9 heteroatoms. The average molecular weight is 353 g/mol. The Bertz CT molecular complexity index is 475. The maximum atomic E-state index is 12.6. The van der Waals surface area contributed by atoms with E-state index in [1.807, 2.05) is 0 Å². The lowest BCUT2D eigenvalue weighted by molar-refractivity contribution is -0.152. The smallest absolute Gasteiger partial charge is 0.408 e. The van der Waals surface area contributed by atoms with Crippen molar-refractivity contribution in [3.63, 3.8) is 0 Å². The van der Waals surface area contributed by atoms with Crippen molar-refractivity contribution >= 4 is 12.0 Å². The molecule has 0 aromatic carbocycles. The summed E-state index contributed by atoms with van der Waals surface area (Å²) in [4.78, 5) is 24.0. The lowest BCUT2D eigenvalue weighted by Crippen LogP contribution is -2.51. The first-order valence-corrected chi connectivity index (χ1v) is 7.83. The first kappa shape index (κ1) is 20.5. The molecular weight excluding hydrogens is 327 g/mol. The highest BCUT2D eigenvalue weighted by Crippen LogP contribution is 2.48. The Morgan fingerprint density at radius 1 is 1.21 bits per heavy atom. The van der Waals surface area contributed by atoms with E-state index in [0.717, 1.165) is 0 Å². The van der Waals surface area contributed by atoms with Gasteiger partial charge in [-0.1, -0.05) is 13.8 Å². The molecule has 0 radical (unpaired) electrons. The molecule has 4 N–H and O–H groups in total. The van der Waals surface area contributed by atoms with Gasteiger partial charge in [0, 0.05) is 18.5 Å². The molecule has 0 aliphatic heterocycles. The number of amides is 2. The quantitative estimate of drug-likeness (QED) is 0.702. The van der Waals surface area contributed by atoms with Crippen LogP contribution in [0, 0.1) is 17.8 Å². The standard InChI is InChI=1S/C15H26F3N3O3/c1-7(2)11(21-13(23)24-14(3,4)5)12(22)20-6-8-9(10(8)19)15(16,17)18/h7-11H,6,19H2,1-5H3,(H,20,22)(H,21,23)/t8-,9-,10-,11+/m0/s1. The summed E-state index contributed by atoms with van der Waals surface area (Å²) in [7, 11) is 0. The summed E-state index contributed by atoms with van der Waals surface area (Å²) >= 11 is 0. The predicted octanol–water partition coefficient (Wildman–Crippen LogP) is 1.79. The second kappa shape index (κ2) is 7.16. The van der Waals surface area contributed by atoms with E-state index < -0.39 is 47.7 Å². The van der Waals surface area contributed by atoms with Crippen LogP contribution in [0.4, 0.5) is 18.0 Å². The monoisotopic (exact) mass is 353 g/mol. The number of rotatable bonds is 5. The molecule has 0 bridgehead atoms. The summed E-state index contributed by atoms with van der Waals surface area (Å²) in [6.45, 7) is 8.30. The van der Waals surface area contributed by atoms with Gasteiger partial charge in [-0.25, -0.2) is 4.79 Å². The van der Waals surface area contributed by atoms with Crippen LogP contribution in [0.3, 0.4) is 0 Å². The van der Waals surface area contributed by atoms with Gasteiger partial charge in [-0.15, -0.1) is 0 Å². The predicted molar refractivity (Wildman–Crippen MR) is 82.0 cm³/mol. The first-order chi connectivity index (χ1) is 10.7. The second-order valence-corrected chi connectivity index (χ2v) is 7.42. The number of hydrogen-bond donors (Lipinski definition) is 3. The van der Waals surface area contributed by atoms with Crippen LogP contribution in [-0.2, 0) is 9.53 Å². The normalized spacial score (nSPS) is 25.2. The number of halogens is 3. The van der Waals surface area contributed by atoms with E-state index in [1.54, 1.807) is 34.6 Å². The van der Waals surface area contributed by atoms with Crippen molar-refractivity contribution in [3.05, 3.63) is 0 Å². The van der Waals surface area contributed by atoms with Gasteiger partial charge in [0.05, 0.1) is 5.92 Å². The molecule has 0 aromatic rings. The second-order valence-electron chi connectivity index (χ2n) is 7.42. The van der Waals surface area contributed by atoms with Crippen LogP contribution in [0.2, 0.25) is 0 Å². The molecule has 0 heterocycles. The van der Waals surface area contributed by atoms with Crippen molar-refractivity contribution in [1.82, 2.24) is 10.6 Å². The molecule has 1 aliphatic rings. The molecule has 6 nitrogen and oxygen atoms in total. The third-order valence-corrected chi connectivity index (χ3v) is 3.74. The van der Waals surface area contributed by atoms with Crippen molar-refractivity contribution in [2.75, 3.05) is 6.54 Å². The number of nitrogens with one attached hydrogen (secondary N) is 2. The Morgan fingerprint density at radius 2 is 1.75 bits per heavy atom. The topological polar surface area (TPSA) is 93.4 Å². The Morgan fingerprint density at radius 3 is 2.12 bits per heavy atom. The summed E-state index contributed by atoms with van der Waals surface area (Å²) < 4.78 is 42.9. The molecule has 0 saturated heterocycles. The maximum Gasteiger partial charge on any atom is 0.408 e. The van der Waals surface area contributed by atoms with Crippen LogP contribution in [0.1, 0.15) is 34.6 Å². The molecule has 0 spiro atoms. The van der Waals surface area contributed by atoms with Crippen molar-refractivity contribution < 1.29 is 27.5 Å². The minimum atomic E-state index is -4.36. The maximum absolute atomic E-state index is 12.6. The van der Waals surface area contributed by atoms with E-state index in [9.17, 15) is 22.8 Å². The number of ether oxygens (including phenoxy) is 1. The average Bonchev–Trinajstić information content (AvgIpc) is 3.01. The molecule has 24 heavy (non-hydrogen) atoms. The molecule has 2 amide bonds. The first-order valence-electron chi connectivity index (χ1n) is 7.83. The van der Waals surface area contributed by atoms with E-state index in [1.165, 1.54) is 0 Å². The highest BCUT2D eigenvalue weighted by atomic mass is 19.4. The van der Waals surface area contributed by atoms with Crippen LogP contribution in [0.5, 0.6) is 0 Å². The third kappa shape index (κ3) is 5.85. The minimum absolute atomic E-state index is 0.177. The van der Waals surface area contributed by atoms with Gasteiger partial charge in [0.2, 0.25) is 5.91 Å². The number of hydrogen-bond acceptors (Lipinski definition) is 4. The number of alkyl carbamates (subject to hydrolysis) is 1. The molecule has 1 rings (SSSR count). The summed E-state index contributed by atoms with van der Waals surface area (Å²) in [6.07, 6.45) is -5.12. The fraction of sp³-hybridized carbons (Fsp3) is 0.867. The van der Waals surface area contributed by atoms with E-state index >= 15 is 0 Å². The minimum Gasteiger partial charge on any atom is -0.444 e. The Labute approximate surface area is 139 Å². The van der Waals surface area contributed by atoms with Gasteiger partial charge in [0.15, 0.2) is 0 Å². The van der Waals surface area contributed by atoms with E-state index in [0.29, 0.717) is 0 Å². The summed E-state index contributed by atoms with van der Waals surface area (Å²) in [5, 5.41) is 4.88. The molecule has 1 fully saturated rings. The number of carbonyl (C=O) groups excluding carboxylic acids is 2. The highest BCUT2D eigenvalue weighted by molar-refractivity contribution is 5.85. The Balaban J connectivity index is 2.55. The summed E-state index contributed by atoms with van der Waals surface area (Å²) in [6, 6.07) is -1.90. The molecule has 140 valence electrons. The largest absolute Gasteiger partial charge is 0.444 e. The zero-order chi connectivity index (χ0) is 18.9.